The van der Waals surface area contributed by atoms with Gasteiger partial charge in [0.1, 0.15) is 11.9 Å². The predicted octanol–water partition coefficient (Wildman–Crippen LogP) is 3.79. The van der Waals surface area contributed by atoms with Gasteiger partial charge in [0.2, 0.25) is 10.0 Å². The van der Waals surface area contributed by atoms with E-state index in [-0.39, 0.29) is 22.7 Å². The number of ether oxygens (including phenoxy) is 1. The highest BCUT2D eigenvalue weighted by molar-refractivity contribution is 7.89. The van der Waals surface area contributed by atoms with Gasteiger partial charge in [-0.3, -0.25) is 4.79 Å². The molecule has 1 amide bonds. The summed E-state index contributed by atoms with van der Waals surface area (Å²) in [7, 11) is -3.75. The lowest BCUT2D eigenvalue weighted by atomic mass is 10.0. The molecule has 2 aliphatic rings. The van der Waals surface area contributed by atoms with Crippen molar-refractivity contribution >= 4 is 15.9 Å². The Morgan fingerprint density at radius 2 is 1.71 bits per heavy atom. The molecule has 2 aliphatic heterocycles. The molecule has 8 heteroatoms. The number of rotatable bonds is 4. The van der Waals surface area contributed by atoms with Gasteiger partial charge in [0.25, 0.3) is 5.91 Å². The summed E-state index contributed by atoms with van der Waals surface area (Å²) in [5, 5.41) is 0. The van der Waals surface area contributed by atoms with Crippen LogP contribution in [0.3, 0.4) is 0 Å². The summed E-state index contributed by atoms with van der Waals surface area (Å²) in [5.74, 6) is -0.584. The first-order valence-corrected chi connectivity index (χ1v) is 12.7. The van der Waals surface area contributed by atoms with E-state index in [4.69, 9.17) is 4.74 Å². The first-order valence-electron chi connectivity index (χ1n) is 11.3. The molecule has 0 aromatic heterocycles. The standard InChI is InChI=1S/C26H25FN2O4S/c27-23-10-8-20(9-11-23)25-18-28(14-15-33-25)26(30)21-6-3-7-24(16-21)34(31,32)29-13-12-19-4-1-2-5-22(19)17-29/h1-11,16,25H,12-15,17-18H2/t25-/m0/s1. The van der Waals surface area contributed by atoms with E-state index in [1.54, 1.807) is 29.2 Å². The van der Waals surface area contributed by atoms with Gasteiger partial charge in [-0.15, -0.1) is 0 Å². The van der Waals surface area contributed by atoms with E-state index < -0.39 is 10.0 Å². The van der Waals surface area contributed by atoms with Crippen molar-refractivity contribution < 1.29 is 22.3 Å². The molecule has 0 saturated carbocycles. The monoisotopic (exact) mass is 480 g/mol. The smallest absolute Gasteiger partial charge is 0.254 e. The van der Waals surface area contributed by atoms with Crippen molar-refractivity contribution in [2.75, 3.05) is 26.2 Å². The van der Waals surface area contributed by atoms with Crippen LogP contribution in [0.25, 0.3) is 0 Å². The van der Waals surface area contributed by atoms with E-state index in [9.17, 15) is 17.6 Å². The Morgan fingerprint density at radius 3 is 2.50 bits per heavy atom. The van der Waals surface area contributed by atoms with Crippen molar-refractivity contribution in [2.45, 2.75) is 24.0 Å². The number of nitrogens with zero attached hydrogens (tertiary/aromatic N) is 2. The Balaban J connectivity index is 1.34. The molecule has 0 radical (unpaired) electrons. The normalized spacial score (nSPS) is 19.0. The zero-order valence-corrected chi connectivity index (χ0v) is 19.4. The predicted molar refractivity (Wildman–Crippen MR) is 125 cm³/mol. The lowest BCUT2D eigenvalue weighted by Crippen LogP contribution is -2.42. The first-order chi connectivity index (χ1) is 16.4. The minimum absolute atomic E-state index is 0.112. The number of halogens is 1. The molecule has 1 saturated heterocycles. The summed E-state index contributed by atoms with van der Waals surface area (Å²) in [4.78, 5) is 15.0. The first kappa shape index (κ1) is 22.7. The number of fused-ring (bicyclic) bond motifs is 1. The second kappa shape index (κ2) is 9.29. The summed E-state index contributed by atoms with van der Waals surface area (Å²) >= 11 is 0. The highest BCUT2D eigenvalue weighted by atomic mass is 32.2. The summed E-state index contributed by atoms with van der Waals surface area (Å²) in [6.45, 7) is 1.78. The van der Waals surface area contributed by atoms with Crippen LogP contribution in [0.2, 0.25) is 0 Å². The molecule has 0 aliphatic carbocycles. The van der Waals surface area contributed by atoms with Gasteiger partial charge in [0.05, 0.1) is 18.0 Å². The number of morpholine rings is 1. The number of hydrogen-bond acceptors (Lipinski definition) is 4. The second-order valence-electron chi connectivity index (χ2n) is 8.55. The van der Waals surface area contributed by atoms with Gasteiger partial charge in [0, 0.05) is 25.2 Å². The molecule has 0 N–H and O–H groups in total. The molecule has 2 heterocycles. The molecular formula is C26H25FN2O4S. The van der Waals surface area contributed by atoms with E-state index in [0.29, 0.717) is 44.8 Å². The zero-order valence-electron chi connectivity index (χ0n) is 18.6. The molecule has 0 spiro atoms. The van der Waals surface area contributed by atoms with Gasteiger partial charge in [-0.25, -0.2) is 12.8 Å². The molecule has 176 valence electrons. The molecule has 34 heavy (non-hydrogen) atoms. The van der Waals surface area contributed by atoms with E-state index in [1.165, 1.54) is 34.1 Å². The molecule has 5 rings (SSSR count). The number of carbonyl (C=O) groups excluding carboxylic acids is 1. The van der Waals surface area contributed by atoms with Crippen LogP contribution in [0, 0.1) is 5.82 Å². The van der Waals surface area contributed by atoms with Crippen LogP contribution >= 0.6 is 0 Å². The Bertz CT molecular complexity index is 1310. The zero-order chi connectivity index (χ0) is 23.7. The number of carbonyl (C=O) groups is 1. The van der Waals surface area contributed by atoms with E-state index in [2.05, 4.69) is 0 Å². The molecule has 1 atom stereocenters. The Kier molecular flexibility index (Phi) is 6.20. The molecule has 1 fully saturated rings. The number of hydrogen-bond donors (Lipinski definition) is 0. The maximum atomic E-state index is 13.4. The SMILES string of the molecule is O=C(c1cccc(S(=O)(=O)N2CCc3ccccc3C2)c1)N1CCO[C@H](c2ccc(F)cc2)C1. The van der Waals surface area contributed by atoms with Gasteiger partial charge >= 0.3 is 0 Å². The van der Waals surface area contributed by atoms with Crippen molar-refractivity contribution in [1.29, 1.82) is 0 Å². The minimum atomic E-state index is -3.75. The van der Waals surface area contributed by atoms with Gasteiger partial charge in [-0.05, 0) is 53.4 Å². The second-order valence-corrected chi connectivity index (χ2v) is 10.5. The Labute approximate surface area is 198 Å². The van der Waals surface area contributed by atoms with Crippen molar-refractivity contribution in [3.8, 4) is 0 Å². The van der Waals surface area contributed by atoms with Gasteiger partial charge in [0.15, 0.2) is 0 Å². The largest absolute Gasteiger partial charge is 0.370 e. The lowest BCUT2D eigenvalue weighted by Gasteiger charge is -2.33. The maximum Gasteiger partial charge on any atom is 0.254 e. The van der Waals surface area contributed by atoms with Crippen LogP contribution in [0.5, 0.6) is 0 Å². The van der Waals surface area contributed by atoms with Crippen LogP contribution in [-0.2, 0) is 27.7 Å². The molecule has 0 unspecified atom stereocenters. The fourth-order valence-electron chi connectivity index (χ4n) is 4.51. The number of sulfonamides is 1. The van der Waals surface area contributed by atoms with E-state index in [0.717, 1.165) is 11.1 Å². The Morgan fingerprint density at radius 1 is 0.941 bits per heavy atom. The maximum absolute atomic E-state index is 13.4. The van der Waals surface area contributed by atoms with Crippen LogP contribution in [0.1, 0.15) is 33.2 Å². The third-order valence-electron chi connectivity index (χ3n) is 6.41. The molecule has 3 aromatic carbocycles. The molecular weight excluding hydrogens is 455 g/mol. The van der Waals surface area contributed by atoms with E-state index in [1.807, 2.05) is 24.3 Å². The van der Waals surface area contributed by atoms with Crippen LogP contribution in [0.15, 0.2) is 77.7 Å². The fourth-order valence-corrected chi connectivity index (χ4v) is 5.97. The lowest BCUT2D eigenvalue weighted by molar-refractivity contribution is -0.0228. The topological polar surface area (TPSA) is 66.9 Å². The van der Waals surface area contributed by atoms with Crippen molar-refractivity contribution in [2.24, 2.45) is 0 Å². The summed E-state index contributed by atoms with van der Waals surface area (Å²) in [6, 6.07) is 20.1. The van der Waals surface area contributed by atoms with Gasteiger partial charge < -0.3 is 9.64 Å². The highest BCUT2D eigenvalue weighted by Gasteiger charge is 2.30. The molecule has 3 aromatic rings. The third-order valence-corrected chi connectivity index (χ3v) is 8.25. The van der Waals surface area contributed by atoms with Crippen LogP contribution in [-0.4, -0.2) is 49.8 Å². The summed E-state index contributed by atoms with van der Waals surface area (Å²) in [5.41, 5.74) is 3.28. The average molecular weight is 481 g/mol. The Hall–Kier alpha value is -3.07. The van der Waals surface area contributed by atoms with Crippen LogP contribution in [0.4, 0.5) is 4.39 Å². The molecule has 6 nitrogen and oxygen atoms in total. The summed E-state index contributed by atoms with van der Waals surface area (Å²) < 4.78 is 47.2. The molecule has 0 bridgehead atoms. The van der Waals surface area contributed by atoms with Crippen molar-refractivity contribution in [1.82, 2.24) is 9.21 Å². The highest BCUT2D eigenvalue weighted by Crippen LogP contribution is 2.27. The third kappa shape index (κ3) is 4.49. The van der Waals surface area contributed by atoms with Crippen molar-refractivity contribution in [3.63, 3.8) is 0 Å². The van der Waals surface area contributed by atoms with E-state index >= 15 is 0 Å². The van der Waals surface area contributed by atoms with Gasteiger partial charge in [-0.1, -0.05) is 42.5 Å². The number of amides is 1. The van der Waals surface area contributed by atoms with Crippen molar-refractivity contribution in [3.05, 3.63) is 101 Å². The van der Waals surface area contributed by atoms with Crippen LogP contribution < -0.4 is 0 Å². The summed E-state index contributed by atoms with van der Waals surface area (Å²) in [6.07, 6.45) is 0.297. The number of benzene rings is 3. The van der Waals surface area contributed by atoms with Gasteiger partial charge in [-0.2, -0.15) is 4.31 Å². The fraction of sp³-hybridized carbons (Fsp3) is 0.269. The average Bonchev–Trinajstić information content (AvgIpc) is 2.88. The quantitative estimate of drug-likeness (QED) is 0.570. The minimum Gasteiger partial charge on any atom is -0.370 e.